The van der Waals surface area contributed by atoms with Crippen LogP contribution in [0.4, 0.5) is 0 Å². The molecule has 5 aromatic carbocycles. The molecule has 2 nitrogen and oxygen atoms in total. The smallest absolute Gasteiger partial charge is 0.301 e. The minimum atomic E-state index is -0.458. The van der Waals surface area contributed by atoms with Crippen molar-refractivity contribution in [1.82, 2.24) is 0 Å². The van der Waals surface area contributed by atoms with Gasteiger partial charge in [-0.15, -0.1) is 0 Å². The Kier molecular flexibility index (Phi) is 17.3. The number of esters is 1. The third kappa shape index (κ3) is 12.1. The monoisotopic (exact) mass is 661 g/mol. The van der Waals surface area contributed by atoms with E-state index in [1.165, 1.54) is 33.4 Å². The van der Waals surface area contributed by atoms with Crippen molar-refractivity contribution in [2.75, 3.05) is 0 Å². The molecule has 0 unspecified atom stereocenters. The van der Waals surface area contributed by atoms with E-state index in [9.17, 15) is 4.79 Å². The van der Waals surface area contributed by atoms with Gasteiger partial charge in [-0.05, 0) is 40.3 Å². The van der Waals surface area contributed by atoms with Gasteiger partial charge in [0.2, 0.25) is 0 Å². The molecule has 0 N–H and O–H groups in total. The fourth-order valence-corrected chi connectivity index (χ4v) is 3.50. The second kappa shape index (κ2) is 19.6. The zero-order chi connectivity index (χ0) is 26.3. The molecule has 0 atom stereocenters. The van der Waals surface area contributed by atoms with Gasteiger partial charge in [0.1, 0.15) is 0 Å². The minimum Gasteiger partial charge on any atom is -0.637 e. The molecule has 0 saturated carbocycles. The third-order valence-corrected chi connectivity index (χ3v) is 5.46. The first-order valence-corrected chi connectivity index (χ1v) is 12.0. The van der Waals surface area contributed by atoms with Gasteiger partial charge in [0.05, 0.1) is 0 Å². The maximum absolute atomic E-state index is 10.1. The molecule has 39 heavy (non-hydrogen) atoms. The molecule has 2 radical (unpaired) electrons. The van der Waals surface area contributed by atoms with Crippen LogP contribution in [-0.4, -0.2) is 5.97 Å². The standard InChI is InChI=1S/C18H14.C12H10.C5H7O2.2Y/c1-3-7-15(8-4-1)17-11-13-18(14-12-17)16-9-5-2-6-10-16;1-3-7-11(8-4-1)12-9-5-2-6-10-12;1-4(2)5(6)7-3;;/h1-14H;1-10H;1,3H2,2H3;;/q;;-1;;. The fourth-order valence-electron chi connectivity index (χ4n) is 3.50. The Morgan fingerprint density at radius 3 is 0.846 bits per heavy atom. The van der Waals surface area contributed by atoms with Crippen LogP contribution in [-0.2, 0) is 74.9 Å². The molecule has 0 fully saturated rings. The average Bonchev–Trinajstić information content (AvgIpc) is 2.99. The molecule has 0 bridgehead atoms. The van der Waals surface area contributed by atoms with Crippen molar-refractivity contribution in [3.8, 4) is 33.4 Å². The molecule has 190 valence electrons. The van der Waals surface area contributed by atoms with E-state index in [0.717, 1.165) is 0 Å². The van der Waals surface area contributed by atoms with Gasteiger partial charge in [-0.25, -0.2) is 4.79 Å². The van der Waals surface area contributed by atoms with Crippen LogP contribution in [0.15, 0.2) is 158 Å². The van der Waals surface area contributed by atoms with Crippen LogP contribution in [0, 0.1) is 7.11 Å². The average molecular weight is 661 g/mol. The van der Waals surface area contributed by atoms with E-state index in [-0.39, 0.29) is 65.4 Å². The van der Waals surface area contributed by atoms with Crippen LogP contribution in [0.5, 0.6) is 0 Å². The van der Waals surface area contributed by atoms with E-state index >= 15 is 0 Å². The molecule has 0 spiro atoms. The van der Waals surface area contributed by atoms with Crippen molar-refractivity contribution in [1.29, 1.82) is 0 Å². The Morgan fingerprint density at radius 1 is 0.487 bits per heavy atom. The van der Waals surface area contributed by atoms with Gasteiger partial charge in [0, 0.05) is 71.0 Å². The van der Waals surface area contributed by atoms with Gasteiger partial charge in [-0.1, -0.05) is 152 Å². The summed E-state index contributed by atoms with van der Waals surface area (Å²) < 4.78 is 4.02. The summed E-state index contributed by atoms with van der Waals surface area (Å²) in [7, 11) is 2.90. The zero-order valence-electron chi connectivity index (χ0n) is 22.2. The van der Waals surface area contributed by atoms with Crippen LogP contribution >= 0.6 is 0 Å². The Bertz CT molecular complexity index is 1260. The molecule has 0 aliphatic rings. The number of carbonyl (C=O) groups excluding carboxylic acids is 1. The van der Waals surface area contributed by atoms with E-state index in [0.29, 0.717) is 5.57 Å². The third-order valence-electron chi connectivity index (χ3n) is 5.46. The summed E-state index contributed by atoms with van der Waals surface area (Å²) in [5, 5.41) is 0. The molecule has 4 heteroatoms. The molecule has 5 rings (SSSR count). The molecule has 0 amide bonds. The summed E-state index contributed by atoms with van der Waals surface area (Å²) in [6, 6.07) is 50.4. The Hall–Kier alpha value is -2.48. The van der Waals surface area contributed by atoms with Crippen LogP contribution < -0.4 is 0 Å². The largest absolute Gasteiger partial charge is 0.637 e. The van der Waals surface area contributed by atoms with E-state index < -0.39 is 5.97 Å². The van der Waals surface area contributed by atoms with Crippen molar-refractivity contribution >= 4 is 5.97 Å². The summed E-state index contributed by atoms with van der Waals surface area (Å²) in [6.45, 7) is 4.87. The summed E-state index contributed by atoms with van der Waals surface area (Å²) in [5.74, 6) is -0.458. The number of benzene rings is 5. The second-order valence-corrected chi connectivity index (χ2v) is 8.25. The first-order valence-electron chi connectivity index (χ1n) is 12.0. The van der Waals surface area contributed by atoms with Crippen molar-refractivity contribution in [3.63, 3.8) is 0 Å². The fraction of sp³-hybridized carbons (Fsp3) is 0.0286. The number of ether oxygens (including phenoxy) is 1. The SMILES string of the molecule is C=C(C)C(=O)O[CH2-].[Y].[Y].c1ccc(-c2ccc(-c3ccccc3)cc2)cc1.c1ccc(-c2ccccc2)cc1. The van der Waals surface area contributed by atoms with Crippen molar-refractivity contribution in [2.45, 2.75) is 6.92 Å². The van der Waals surface area contributed by atoms with Crippen LogP contribution in [0.2, 0.25) is 0 Å². The molecular formula is C35H31O2Y2-. The maximum Gasteiger partial charge on any atom is 0.301 e. The van der Waals surface area contributed by atoms with E-state index in [4.69, 9.17) is 0 Å². The number of hydrogen-bond donors (Lipinski definition) is 0. The first kappa shape index (κ1) is 34.5. The van der Waals surface area contributed by atoms with E-state index in [1.54, 1.807) is 6.92 Å². The summed E-state index contributed by atoms with van der Waals surface area (Å²) in [5.41, 5.74) is 7.96. The van der Waals surface area contributed by atoms with E-state index in [2.05, 4.69) is 140 Å². The Morgan fingerprint density at radius 2 is 0.692 bits per heavy atom. The Labute approximate surface area is 283 Å². The van der Waals surface area contributed by atoms with Gasteiger partial charge in [-0.3, -0.25) is 0 Å². The van der Waals surface area contributed by atoms with Crippen LogP contribution in [0.1, 0.15) is 6.92 Å². The van der Waals surface area contributed by atoms with Gasteiger partial charge < -0.3 is 4.74 Å². The topological polar surface area (TPSA) is 26.3 Å². The maximum atomic E-state index is 10.1. The summed E-state index contributed by atoms with van der Waals surface area (Å²) in [6.07, 6.45) is 0. The molecule has 0 aliphatic heterocycles. The molecule has 0 aliphatic carbocycles. The summed E-state index contributed by atoms with van der Waals surface area (Å²) in [4.78, 5) is 10.1. The number of hydrogen-bond acceptors (Lipinski definition) is 2. The van der Waals surface area contributed by atoms with Crippen LogP contribution in [0.3, 0.4) is 0 Å². The molecule has 0 aromatic heterocycles. The molecule has 5 aromatic rings. The minimum absolute atomic E-state index is 0. The van der Waals surface area contributed by atoms with Gasteiger partial charge in [0.25, 0.3) is 0 Å². The van der Waals surface area contributed by atoms with Gasteiger partial charge in [0.15, 0.2) is 0 Å². The predicted molar refractivity (Wildman–Crippen MR) is 155 cm³/mol. The van der Waals surface area contributed by atoms with E-state index in [1.807, 2.05) is 24.3 Å². The van der Waals surface area contributed by atoms with Gasteiger partial charge >= 0.3 is 5.97 Å². The second-order valence-electron chi connectivity index (χ2n) is 8.25. The van der Waals surface area contributed by atoms with Crippen molar-refractivity contribution in [2.24, 2.45) is 0 Å². The Balaban J connectivity index is 0.000000316. The quantitative estimate of drug-likeness (QED) is 0.109. The van der Waals surface area contributed by atoms with Crippen LogP contribution in [0.25, 0.3) is 33.4 Å². The van der Waals surface area contributed by atoms with Gasteiger partial charge in [-0.2, -0.15) is 7.11 Å². The first-order chi connectivity index (χ1) is 18.1. The van der Waals surface area contributed by atoms with Crippen molar-refractivity contribution < 1.29 is 74.9 Å². The number of rotatable bonds is 4. The predicted octanol–water partition coefficient (Wildman–Crippen LogP) is 9.27. The molecular weight excluding hydrogens is 630 g/mol. The molecule has 0 heterocycles. The molecule has 0 saturated heterocycles. The van der Waals surface area contributed by atoms with Crippen molar-refractivity contribution in [3.05, 3.63) is 165 Å². The normalized spacial score (nSPS) is 9.08. The number of carbonyl (C=O) groups is 1. The zero-order valence-corrected chi connectivity index (χ0v) is 27.9. The summed E-state index contributed by atoms with van der Waals surface area (Å²) >= 11 is 0.